The number of aromatic nitrogens is 1. The maximum absolute atomic E-state index is 13.1. The largest absolute Gasteiger partial charge is 0.381 e. The van der Waals surface area contributed by atoms with Crippen molar-refractivity contribution in [3.8, 4) is 0 Å². The van der Waals surface area contributed by atoms with Gasteiger partial charge in [-0.15, -0.1) is 0 Å². The molecule has 2 aromatic heterocycles. The Morgan fingerprint density at radius 3 is 2.89 bits per heavy atom. The van der Waals surface area contributed by atoms with Gasteiger partial charge in [0.05, 0.1) is 24.2 Å². The molecular weight excluding hydrogens is 362 g/mol. The first-order valence-electron chi connectivity index (χ1n) is 9.24. The zero-order chi connectivity index (χ0) is 18.7. The number of rotatable bonds is 4. The average molecular weight is 385 g/mol. The second-order valence-corrected chi connectivity index (χ2v) is 8.12. The third-order valence-electron chi connectivity index (χ3n) is 5.67. The van der Waals surface area contributed by atoms with Crippen molar-refractivity contribution in [1.29, 1.82) is 0 Å². The second-order valence-electron chi connectivity index (χ2n) is 7.34. The van der Waals surface area contributed by atoms with Crippen LogP contribution in [0, 0.1) is 11.3 Å². The molecule has 0 saturated carbocycles. The predicted molar refractivity (Wildman–Crippen MR) is 103 cm³/mol. The Morgan fingerprint density at radius 1 is 1.33 bits per heavy atom. The number of ether oxygens (including phenoxy) is 1. The smallest absolute Gasteiger partial charge is 0.229 e. The van der Waals surface area contributed by atoms with Gasteiger partial charge in [0, 0.05) is 37.9 Å². The van der Waals surface area contributed by atoms with E-state index in [0.717, 1.165) is 18.4 Å². The molecule has 0 bridgehead atoms. The van der Waals surface area contributed by atoms with Gasteiger partial charge in [-0.25, -0.2) is 0 Å². The van der Waals surface area contributed by atoms with Gasteiger partial charge in [0.25, 0.3) is 0 Å². The summed E-state index contributed by atoms with van der Waals surface area (Å²) in [4.78, 5) is 31.8. The summed E-state index contributed by atoms with van der Waals surface area (Å²) in [5.41, 5.74) is 1.52. The molecule has 1 atom stereocenters. The van der Waals surface area contributed by atoms with Crippen LogP contribution in [0.15, 0.2) is 41.4 Å². The Balaban J connectivity index is 1.51. The zero-order valence-electron chi connectivity index (χ0n) is 15.1. The molecule has 2 amide bonds. The molecule has 0 aromatic carbocycles. The maximum atomic E-state index is 13.1. The highest BCUT2D eigenvalue weighted by molar-refractivity contribution is 7.08. The Bertz CT molecular complexity index is 788. The standard InChI is InChI=1S/C20H23N3O3S/c24-18(10-15-3-9-27-13-15)23-12-17(20(14-23)4-7-26-8-5-20)19(25)22-16-2-1-6-21-11-16/h1-3,6,9,11,13,17H,4-5,7-8,10,12,14H2,(H,22,25). The van der Waals surface area contributed by atoms with Crippen molar-refractivity contribution in [3.63, 3.8) is 0 Å². The van der Waals surface area contributed by atoms with Crippen LogP contribution in [0.5, 0.6) is 0 Å². The van der Waals surface area contributed by atoms with Gasteiger partial charge < -0.3 is 15.0 Å². The van der Waals surface area contributed by atoms with Crippen LogP contribution < -0.4 is 5.32 Å². The first kappa shape index (κ1) is 18.1. The number of anilines is 1. The molecule has 0 aliphatic carbocycles. The number of pyridine rings is 1. The van der Waals surface area contributed by atoms with Crippen LogP contribution in [-0.4, -0.2) is 48.0 Å². The molecule has 2 aliphatic rings. The SMILES string of the molecule is O=C(Nc1cccnc1)C1CN(C(=O)Cc2ccsc2)CC12CCOCC2. The number of carbonyl (C=O) groups excluding carboxylic acids is 2. The molecule has 6 nitrogen and oxygen atoms in total. The Hall–Kier alpha value is -2.25. The number of thiophene rings is 1. The molecule has 2 aliphatic heterocycles. The fourth-order valence-corrected chi connectivity index (χ4v) is 4.82. The number of nitrogens with one attached hydrogen (secondary N) is 1. The Kier molecular flexibility index (Phi) is 5.22. The van der Waals surface area contributed by atoms with E-state index in [1.807, 2.05) is 27.8 Å². The van der Waals surface area contributed by atoms with Crippen LogP contribution in [0.2, 0.25) is 0 Å². The summed E-state index contributed by atoms with van der Waals surface area (Å²) in [6.07, 6.45) is 5.33. The van der Waals surface area contributed by atoms with Crippen molar-refractivity contribution in [1.82, 2.24) is 9.88 Å². The number of hydrogen-bond acceptors (Lipinski definition) is 5. The third kappa shape index (κ3) is 3.89. The third-order valence-corrected chi connectivity index (χ3v) is 6.40. The number of hydrogen-bond donors (Lipinski definition) is 1. The van der Waals surface area contributed by atoms with E-state index in [9.17, 15) is 9.59 Å². The van der Waals surface area contributed by atoms with E-state index in [2.05, 4.69) is 10.3 Å². The molecule has 4 heterocycles. The molecule has 142 valence electrons. The fraction of sp³-hybridized carbons (Fsp3) is 0.450. The van der Waals surface area contributed by atoms with Gasteiger partial charge >= 0.3 is 0 Å². The second kappa shape index (κ2) is 7.78. The Labute approximate surface area is 162 Å². The van der Waals surface area contributed by atoms with Gasteiger partial charge in [0.2, 0.25) is 11.8 Å². The quantitative estimate of drug-likeness (QED) is 0.878. The van der Waals surface area contributed by atoms with E-state index in [0.29, 0.717) is 38.4 Å². The summed E-state index contributed by atoms with van der Waals surface area (Å²) in [6.45, 7) is 2.38. The molecule has 7 heteroatoms. The molecule has 27 heavy (non-hydrogen) atoms. The summed E-state index contributed by atoms with van der Waals surface area (Å²) in [5, 5.41) is 6.97. The van der Waals surface area contributed by atoms with Crippen LogP contribution in [0.1, 0.15) is 18.4 Å². The van der Waals surface area contributed by atoms with E-state index >= 15 is 0 Å². The highest BCUT2D eigenvalue weighted by atomic mass is 32.1. The predicted octanol–water partition coefficient (Wildman–Crippen LogP) is 2.58. The van der Waals surface area contributed by atoms with Crippen molar-refractivity contribution in [2.45, 2.75) is 19.3 Å². The topological polar surface area (TPSA) is 71.5 Å². The molecule has 2 fully saturated rings. The molecule has 0 radical (unpaired) electrons. The fourth-order valence-electron chi connectivity index (χ4n) is 4.15. The lowest BCUT2D eigenvalue weighted by Crippen LogP contribution is -2.42. The van der Waals surface area contributed by atoms with Crippen molar-refractivity contribution in [3.05, 3.63) is 46.9 Å². The van der Waals surface area contributed by atoms with E-state index in [4.69, 9.17) is 4.74 Å². The summed E-state index contributed by atoms with van der Waals surface area (Å²) in [7, 11) is 0. The molecule has 2 aromatic rings. The summed E-state index contributed by atoms with van der Waals surface area (Å²) < 4.78 is 5.54. The lowest BCUT2D eigenvalue weighted by Gasteiger charge is -2.37. The number of carbonyl (C=O) groups is 2. The molecule has 1 N–H and O–H groups in total. The van der Waals surface area contributed by atoms with Gasteiger partial charge in [-0.1, -0.05) is 0 Å². The van der Waals surface area contributed by atoms with E-state index < -0.39 is 0 Å². The van der Waals surface area contributed by atoms with Crippen LogP contribution in [0.25, 0.3) is 0 Å². The molecular formula is C20H23N3O3S. The highest BCUT2D eigenvalue weighted by Gasteiger charge is 2.51. The van der Waals surface area contributed by atoms with Crippen molar-refractivity contribution in [2.75, 3.05) is 31.6 Å². The number of likely N-dealkylation sites (tertiary alicyclic amines) is 1. The van der Waals surface area contributed by atoms with Gasteiger partial charge in [0.1, 0.15) is 0 Å². The Morgan fingerprint density at radius 2 is 2.19 bits per heavy atom. The van der Waals surface area contributed by atoms with Gasteiger partial charge in [0.15, 0.2) is 0 Å². The first-order valence-corrected chi connectivity index (χ1v) is 10.2. The van der Waals surface area contributed by atoms with Crippen molar-refractivity contribution < 1.29 is 14.3 Å². The molecule has 2 saturated heterocycles. The van der Waals surface area contributed by atoms with Crippen molar-refractivity contribution >= 4 is 28.8 Å². The van der Waals surface area contributed by atoms with Gasteiger partial charge in [-0.05, 0) is 47.4 Å². The minimum atomic E-state index is -0.229. The maximum Gasteiger partial charge on any atom is 0.229 e. The normalized spacial score (nSPS) is 21.3. The molecule has 1 spiro atoms. The van der Waals surface area contributed by atoms with Crippen LogP contribution >= 0.6 is 11.3 Å². The van der Waals surface area contributed by atoms with Crippen LogP contribution in [0.4, 0.5) is 5.69 Å². The summed E-state index contributed by atoms with van der Waals surface area (Å²) in [5.74, 6) is -0.167. The zero-order valence-corrected chi connectivity index (χ0v) is 15.9. The van der Waals surface area contributed by atoms with Crippen LogP contribution in [0.3, 0.4) is 0 Å². The molecule has 4 rings (SSSR count). The number of nitrogens with zero attached hydrogens (tertiary/aromatic N) is 2. The first-order chi connectivity index (χ1) is 13.2. The van der Waals surface area contributed by atoms with E-state index in [1.54, 1.807) is 29.8 Å². The van der Waals surface area contributed by atoms with E-state index in [-0.39, 0.29) is 23.1 Å². The highest BCUT2D eigenvalue weighted by Crippen LogP contribution is 2.45. The lowest BCUT2D eigenvalue weighted by molar-refractivity contribution is -0.130. The average Bonchev–Trinajstić information content (AvgIpc) is 3.31. The monoisotopic (exact) mass is 385 g/mol. The minimum Gasteiger partial charge on any atom is -0.381 e. The van der Waals surface area contributed by atoms with E-state index in [1.165, 1.54) is 0 Å². The summed E-state index contributed by atoms with van der Waals surface area (Å²) >= 11 is 1.60. The lowest BCUT2D eigenvalue weighted by atomic mass is 9.71. The molecule has 1 unspecified atom stereocenters. The van der Waals surface area contributed by atoms with Gasteiger partial charge in [-0.2, -0.15) is 11.3 Å². The number of amides is 2. The van der Waals surface area contributed by atoms with Gasteiger partial charge in [-0.3, -0.25) is 14.6 Å². The van der Waals surface area contributed by atoms with Crippen LogP contribution in [-0.2, 0) is 20.7 Å². The van der Waals surface area contributed by atoms with Crippen molar-refractivity contribution in [2.24, 2.45) is 11.3 Å². The summed E-state index contributed by atoms with van der Waals surface area (Å²) in [6, 6.07) is 5.61. The minimum absolute atomic E-state index is 0.0317.